The normalized spacial score (nSPS) is 11.4. The van der Waals surface area contributed by atoms with Crippen molar-refractivity contribution < 1.29 is 0 Å². The van der Waals surface area contributed by atoms with Crippen molar-refractivity contribution in [3.8, 4) is 11.3 Å². The van der Waals surface area contributed by atoms with E-state index in [0.29, 0.717) is 0 Å². The Bertz CT molecular complexity index is 815. The first-order valence-corrected chi connectivity index (χ1v) is 8.37. The monoisotopic (exact) mass is 323 g/mol. The minimum atomic E-state index is 0.818. The molecule has 0 radical (unpaired) electrons. The van der Waals surface area contributed by atoms with Crippen molar-refractivity contribution in [2.24, 2.45) is 0 Å². The average Bonchev–Trinajstić information content (AvgIpc) is 3.19. The Morgan fingerprint density at radius 1 is 1.17 bits per heavy atom. The van der Waals surface area contributed by atoms with Crippen LogP contribution in [0.1, 0.15) is 29.4 Å². The van der Waals surface area contributed by atoms with Crippen LogP contribution in [-0.4, -0.2) is 31.7 Å². The lowest BCUT2D eigenvalue weighted by Gasteiger charge is -2.17. The molecule has 5 nitrogen and oxygen atoms in total. The highest BCUT2D eigenvalue weighted by Crippen LogP contribution is 2.24. The molecule has 3 aromatic rings. The van der Waals surface area contributed by atoms with Gasteiger partial charge in [0.25, 0.3) is 0 Å². The Balaban J connectivity index is 1.76. The van der Waals surface area contributed by atoms with Crippen LogP contribution in [0.3, 0.4) is 0 Å². The van der Waals surface area contributed by atoms with Crippen molar-refractivity contribution in [2.45, 2.75) is 40.4 Å². The van der Waals surface area contributed by atoms with Crippen LogP contribution in [0.4, 0.5) is 0 Å². The fraction of sp³-hybridized carbons (Fsp3) is 0.368. The maximum Gasteiger partial charge on any atom is 0.122 e. The highest BCUT2D eigenvalue weighted by atomic mass is 15.2. The van der Waals surface area contributed by atoms with Crippen LogP contribution in [0.2, 0.25) is 0 Å². The molecule has 2 heterocycles. The predicted molar refractivity (Wildman–Crippen MR) is 96.6 cm³/mol. The van der Waals surface area contributed by atoms with E-state index in [1.54, 1.807) is 0 Å². The van der Waals surface area contributed by atoms with Crippen LogP contribution in [-0.2, 0) is 19.6 Å². The van der Waals surface area contributed by atoms with Gasteiger partial charge in [0, 0.05) is 36.6 Å². The van der Waals surface area contributed by atoms with Gasteiger partial charge in [-0.05, 0) is 45.0 Å². The summed E-state index contributed by atoms with van der Waals surface area (Å²) in [7, 11) is 2.12. The Morgan fingerprint density at radius 2 is 2.00 bits per heavy atom. The topological polar surface area (TPSA) is 49.7 Å². The van der Waals surface area contributed by atoms with Gasteiger partial charge in [0.1, 0.15) is 5.82 Å². The Morgan fingerprint density at radius 3 is 2.75 bits per heavy atom. The molecule has 24 heavy (non-hydrogen) atoms. The summed E-state index contributed by atoms with van der Waals surface area (Å²) in [5.74, 6) is 1.09. The number of hydrogen-bond acceptors (Lipinski definition) is 3. The highest BCUT2D eigenvalue weighted by molar-refractivity contribution is 5.64. The number of imidazole rings is 1. The summed E-state index contributed by atoms with van der Waals surface area (Å²) in [5, 5.41) is 7.42. The number of aromatic amines is 1. The number of rotatable bonds is 6. The maximum atomic E-state index is 4.46. The first-order valence-electron chi connectivity index (χ1n) is 8.37. The Labute approximate surface area is 143 Å². The van der Waals surface area contributed by atoms with Crippen LogP contribution in [0.15, 0.2) is 36.8 Å². The smallest absolute Gasteiger partial charge is 0.122 e. The summed E-state index contributed by atoms with van der Waals surface area (Å²) in [5.41, 5.74) is 6.10. The van der Waals surface area contributed by atoms with Gasteiger partial charge in [-0.2, -0.15) is 5.10 Å². The molecule has 1 N–H and O–H groups in total. The molecule has 0 fully saturated rings. The van der Waals surface area contributed by atoms with Gasteiger partial charge in [-0.1, -0.05) is 12.1 Å². The van der Waals surface area contributed by atoms with E-state index in [9.17, 15) is 0 Å². The van der Waals surface area contributed by atoms with Crippen molar-refractivity contribution in [3.63, 3.8) is 0 Å². The van der Waals surface area contributed by atoms with Gasteiger partial charge >= 0.3 is 0 Å². The number of benzene rings is 1. The van der Waals surface area contributed by atoms with Crippen LogP contribution in [0.25, 0.3) is 11.3 Å². The molecule has 3 rings (SSSR count). The van der Waals surface area contributed by atoms with E-state index in [2.05, 4.69) is 70.7 Å². The van der Waals surface area contributed by atoms with Crippen LogP contribution >= 0.6 is 0 Å². The van der Waals surface area contributed by atoms with E-state index in [0.717, 1.165) is 31.2 Å². The van der Waals surface area contributed by atoms with E-state index in [1.165, 1.54) is 22.3 Å². The molecule has 2 aromatic heterocycles. The second-order valence-electron chi connectivity index (χ2n) is 6.37. The van der Waals surface area contributed by atoms with Crippen LogP contribution in [0, 0.1) is 13.8 Å². The van der Waals surface area contributed by atoms with Crippen molar-refractivity contribution in [1.29, 1.82) is 0 Å². The third-order valence-electron chi connectivity index (χ3n) is 4.51. The quantitative estimate of drug-likeness (QED) is 0.755. The van der Waals surface area contributed by atoms with Crippen molar-refractivity contribution in [1.82, 2.24) is 24.6 Å². The second kappa shape index (κ2) is 7.01. The highest BCUT2D eigenvalue weighted by Gasteiger charge is 2.12. The summed E-state index contributed by atoms with van der Waals surface area (Å²) in [6, 6.07) is 6.54. The molecule has 0 aliphatic carbocycles. The molecule has 0 saturated carbocycles. The summed E-state index contributed by atoms with van der Waals surface area (Å²) >= 11 is 0. The number of aryl methyl sites for hydroxylation is 3. The van der Waals surface area contributed by atoms with Crippen molar-refractivity contribution >= 4 is 0 Å². The molecule has 5 heteroatoms. The fourth-order valence-corrected chi connectivity index (χ4v) is 2.95. The number of nitrogens with one attached hydrogen (secondary N) is 1. The van der Waals surface area contributed by atoms with Crippen LogP contribution < -0.4 is 0 Å². The van der Waals surface area contributed by atoms with Gasteiger partial charge in [0.05, 0.1) is 18.4 Å². The first kappa shape index (κ1) is 16.5. The van der Waals surface area contributed by atoms with E-state index < -0.39 is 0 Å². The average molecular weight is 323 g/mol. The molecule has 0 amide bonds. The molecule has 0 bridgehead atoms. The van der Waals surface area contributed by atoms with E-state index in [-0.39, 0.29) is 0 Å². The lowest BCUT2D eigenvalue weighted by atomic mass is 10.0. The number of aromatic nitrogens is 4. The Hall–Kier alpha value is -2.40. The zero-order chi connectivity index (χ0) is 17.1. The van der Waals surface area contributed by atoms with Gasteiger partial charge in [0.15, 0.2) is 0 Å². The van der Waals surface area contributed by atoms with Crippen molar-refractivity contribution in [3.05, 3.63) is 59.3 Å². The standard InChI is InChI=1S/C19H25N5/c1-5-24-9-8-20-18(24)13-23(4)12-17-11-21-22-19(17)16-7-6-14(2)15(3)10-16/h6-11H,5,12-13H2,1-4H3,(H,21,22). The van der Waals surface area contributed by atoms with Gasteiger partial charge < -0.3 is 4.57 Å². The lowest BCUT2D eigenvalue weighted by Crippen LogP contribution is -2.20. The third kappa shape index (κ3) is 3.41. The zero-order valence-electron chi connectivity index (χ0n) is 14.9. The summed E-state index contributed by atoms with van der Waals surface area (Å²) < 4.78 is 2.18. The zero-order valence-corrected chi connectivity index (χ0v) is 14.9. The molecular weight excluding hydrogens is 298 g/mol. The molecule has 0 aliphatic rings. The first-order chi connectivity index (χ1) is 11.6. The van der Waals surface area contributed by atoms with E-state index in [4.69, 9.17) is 0 Å². The molecule has 0 saturated heterocycles. The maximum absolute atomic E-state index is 4.46. The minimum Gasteiger partial charge on any atom is -0.334 e. The molecule has 126 valence electrons. The molecule has 0 spiro atoms. The third-order valence-corrected chi connectivity index (χ3v) is 4.51. The largest absolute Gasteiger partial charge is 0.334 e. The molecule has 0 aliphatic heterocycles. The Kier molecular flexibility index (Phi) is 4.81. The fourth-order valence-electron chi connectivity index (χ4n) is 2.95. The second-order valence-corrected chi connectivity index (χ2v) is 6.37. The van der Waals surface area contributed by atoms with Gasteiger partial charge in [-0.25, -0.2) is 4.98 Å². The van der Waals surface area contributed by atoms with Crippen molar-refractivity contribution in [2.75, 3.05) is 7.05 Å². The SMILES string of the molecule is CCn1ccnc1CN(C)Cc1cn[nH]c1-c1ccc(C)c(C)c1. The van der Waals surface area contributed by atoms with E-state index >= 15 is 0 Å². The van der Waals surface area contributed by atoms with Gasteiger partial charge in [-0.15, -0.1) is 0 Å². The summed E-state index contributed by atoms with van der Waals surface area (Å²) in [6.07, 6.45) is 5.82. The van der Waals surface area contributed by atoms with E-state index in [1.807, 2.05) is 18.6 Å². The number of hydrogen-bond donors (Lipinski definition) is 1. The molecular formula is C19H25N5. The van der Waals surface area contributed by atoms with Crippen LogP contribution in [0.5, 0.6) is 0 Å². The minimum absolute atomic E-state index is 0.818. The number of nitrogens with zero attached hydrogens (tertiary/aromatic N) is 4. The summed E-state index contributed by atoms with van der Waals surface area (Å²) in [4.78, 5) is 6.72. The summed E-state index contributed by atoms with van der Waals surface area (Å²) in [6.45, 7) is 9.01. The van der Waals surface area contributed by atoms with Gasteiger partial charge in [0.2, 0.25) is 0 Å². The predicted octanol–water partition coefficient (Wildman–Crippen LogP) is 3.54. The lowest BCUT2D eigenvalue weighted by molar-refractivity contribution is 0.306. The number of H-pyrrole nitrogens is 1. The molecule has 1 aromatic carbocycles. The molecule has 0 atom stereocenters. The van der Waals surface area contributed by atoms with Gasteiger partial charge in [-0.3, -0.25) is 10.00 Å². The molecule has 0 unspecified atom stereocenters.